The number of carboxylic acids is 1. The fourth-order valence-electron chi connectivity index (χ4n) is 1.34. The number of rotatable bonds is 7. The van der Waals surface area contributed by atoms with Gasteiger partial charge in [0.1, 0.15) is 11.0 Å². The molecular weight excluding hydrogens is 244 g/mol. The van der Waals surface area contributed by atoms with Gasteiger partial charge in [0.2, 0.25) is 0 Å². The molecule has 0 fully saturated rings. The molecule has 5 nitrogen and oxygen atoms in total. The van der Waals surface area contributed by atoms with Crippen LogP contribution >= 0.6 is 11.6 Å². The summed E-state index contributed by atoms with van der Waals surface area (Å²) in [5.41, 5.74) is 0.114. The Morgan fingerprint density at radius 2 is 2.12 bits per heavy atom. The van der Waals surface area contributed by atoms with Gasteiger partial charge in [0.05, 0.1) is 5.56 Å². The van der Waals surface area contributed by atoms with Gasteiger partial charge in [-0.15, -0.1) is 0 Å². The standard InChI is InChI=1S/C11H15ClN2O3/c12-9-6-8(11(16)17)7-10(14-9)13-4-2-1-3-5-15/h6-7,15H,1-5H2,(H,13,14)(H,16,17). The van der Waals surface area contributed by atoms with Crippen LogP contribution in [0.5, 0.6) is 0 Å². The number of carboxylic acid groups (broad SMARTS) is 1. The lowest BCUT2D eigenvalue weighted by Gasteiger charge is -2.06. The zero-order valence-electron chi connectivity index (χ0n) is 9.32. The molecule has 0 saturated carbocycles. The van der Waals surface area contributed by atoms with Gasteiger partial charge in [-0.1, -0.05) is 11.6 Å². The molecule has 17 heavy (non-hydrogen) atoms. The van der Waals surface area contributed by atoms with E-state index >= 15 is 0 Å². The number of aromatic nitrogens is 1. The minimum Gasteiger partial charge on any atom is -0.478 e. The van der Waals surface area contributed by atoms with Crippen LogP contribution in [0.4, 0.5) is 5.82 Å². The average Bonchev–Trinajstić information content (AvgIpc) is 2.28. The van der Waals surface area contributed by atoms with Crippen molar-refractivity contribution in [2.45, 2.75) is 19.3 Å². The van der Waals surface area contributed by atoms with E-state index in [1.807, 2.05) is 0 Å². The van der Waals surface area contributed by atoms with E-state index in [0.717, 1.165) is 19.3 Å². The first-order valence-electron chi connectivity index (χ1n) is 5.39. The number of hydrogen-bond donors (Lipinski definition) is 3. The molecule has 0 atom stereocenters. The topological polar surface area (TPSA) is 82.5 Å². The molecule has 0 bridgehead atoms. The van der Waals surface area contributed by atoms with Crippen molar-refractivity contribution in [2.24, 2.45) is 0 Å². The zero-order chi connectivity index (χ0) is 12.7. The van der Waals surface area contributed by atoms with Gasteiger partial charge in [0.15, 0.2) is 0 Å². The second-order valence-corrected chi connectivity index (χ2v) is 3.97. The summed E-state index contributed by atoms with van der Waals surface area (Å²) in [6.07, 6.45) is 2.57. The molecule has 0 spiro atoms. The zero-order valence-corrected chi connectivity index (χ0v) is 10.1. The molecule has 0 saturated heterocycles. The number of halogens is 1. The molecule has 0 radical (unpaired) electrons. The summed E-state index contributed by atoms with van der Waals surface area (Å²) in [6.45, 7) is 0.866. The fraction of sp³-hybridized carbons (Fsp3) is 0.455. The third-order valence-corrected chi connectivity index (χ3v) is 2.38. The lowest BCUT2D eigenvalue weighted by Crippen LogP contribution is -2.06. The quantitative estimate of drug-likeness (QED) is 0.515. The Balaban J connectivity index is 2.50. The summed E-state index contributed by atoms with van der Waals surface area (Å²) in [5.74, 6) is -0.573. The van der Waals surface area contributed by atoms with E-state index in [0.29, 0.717) is 12.4 Å². The molecule has 0 aromatic carbocycles. The number of pyridine rings is 1. The van der Waals surface area contributed by atoms with Crippen molar-refractivity contribution in [3.63, 3.8) is 0 Å². The molecule has 0 amide bonds. The van der Waals surface area contributed by atoms with Gasteiger partial charge in [0, 0.05) is 13.2 Å². The van der Waals surface area contributed by atoms with Crippen LogP contribution in [-0.2, 0) is 0 Å². The molecule has 0 unspecified atom stereocenters. The smallest absolute Gasteiger partial charge is 0.335 e. The Bertz CT molecular complexity index is 385. The maximum Gasteiger partial charge on any atom is 0.335 e. The summed E-state index contributed by atoms with van der Waals surface area (Å²) in [6, 6.07) is 2.75. The summed E-state index contributed by atoms with van der Waals surface area (Å²) >= 11 is 5.71. The van der Waals surface area contributed by atoms with Gasteiger partial charge < -0.3 is 15.5 Å². The van der Waals surface area contributed by atoms with Crippen LogP contribution in [0.3, 0.4) is 0 Å². The van der Waals surface area contributed by atoms with E-state index in [1.54, 1.807) is 0 Å². The number of nitrogens with zero attached hydrogens (tertiary/aromatic N) is 1. The molecule has 1 rings (SSSR count). The van der Waals surface area contributed by atoms with Crippen molar-refractivity contribution in [1.29, 1.82) is 0 Å². The van der Waals surface area contributed by atoms with Crippen LogP contribution < -0.4 is 5.32 Å². The lowest BCUT2D eigenvalue weighted by molar-refractivity contribution is 0.0697. The number of unbranched alkanes of at least 4 members (excludes halogenated alkanes) is 2. The number of aliphatic hydroxyl groups is 1. The molecule has 6 heteroatoms. The summed E-state index contributed by atoms with van der Waals surface area (Å²) in [5, 5.41) is 20.6. The number of carbonyl (C=O) groups is 1. The van der Waals surface area contributed by atoms with Crippen molar-refractivity contribution in [2.75, 3.05) is 18.5 Å². The second-order valence-electron chi connectivity index (χ2n) is 3.58. The molecule has 1 aromatic rings. The largest absolute Gasteiger partial charge is 0.478 e. The first kappa shape index (κ1) is 13.7. The Labute approximate surface area is 104 Å². The van der Waals surface area contributed by atoms with E-state index in [2.05, 4.69) is 10.3 Å². The number of nitrogens with one attached hydrogen (secondary N) is 1. The monoisotopic (exact) mass is 258 g/mol. The van der Waals surface area contributed by atoms with E-state index < -0.39 is 5.97 Å². The number of anilines is 1. The van der Waals surface area contributed by atoms with Crippen molar-refractivity contribution >= 4 is 23.4 Å². The van der Waals surface area contributed by atoms with Crippen molar-refractivity contribution < 1.29 is 15.0 Å². The van der Waals surface area contributed by atoms with E-state index in [9.17, 15) is 4.79 Å². The summed E-state index contributed by atoms with van der Waals surface area (Å²) < 4.78 is 0. The van der Waals surface area contributed by atoms with E-state index in [1.165, 1.54) is 12.1 Å². The molecule has 0 aliphatic rings. The van der Waals surface area contributed by atoms with Crippen LogP contribution in [-0.4, -0.2) is 34.3 Å². The number of hydrogen-bond acceptors (Lipinski definition) is 4. The first-order valence-corrected chi connectivity index (χ1v) is 5.77. The Kier molecular flexibility index (Phi) is 5.72. The third kappa shape index (κ3) is 5.01. The van der Waals surface area contributed by atoms with Crippen LogP contribution in [0.1, 0.15) is 29.6 Å². The molecule has 0 aliphatic carbocycles. The van der Waals surface area contributed by atoms with Gasteiger partial charge in [0.25, 0.3) is 0 Å². The third-order valence-electron chi connectivity index (χ3n) is 2.18. The molecule has 3 N–H and O–H groups in total. The highest BCUT2D eigenvalue weighted by molar-refractivity contribution is 6.29. The SMILES string of the molecule is O=C(O)c1cc(Cl)nc(NCCCCCO)c1. The Hall–Kier alpha value is -1.33. The maximum atomic E-state index is 10.8. The minimum absolute atomic E-state index is 0.114. The first-order chi connectivity index (χ1) is 8.13. The van der Waals surface area contributed by atoms with Gasteiger partial charge in [-0.25, -0.2) is 9.78 Å². The van der Waals surface area contributed by atoms with Crippen molar-refractivity contribution in [1.82, 2.24) is 4.98 Å². The van der Waals surface area contributed by atoms with E-state index in [4.69, 9.17) is 21.8 Å². The molecule has 0 aliphatic heterocycles. The average molecular weight is 259 g/mol. The maximum absolute atomic E-state index is 10.8. The van der Waals surface area contributed by atoms with Crippen LogP contribution in [0.25, 0.3) is 0 Å². The number of aliphatic hydroxyl groups excluding tert-OH is 1. The van der Waals surface area contributed by atoms with Gasteiger partial charge in [-0.05, 0) is 31.4 Å². The second kappa shape index (κ2) is 7.09. The van der Waals surface area contributed by atoms with Crippen LogP contribution in [0.15, 0.2) is 12.1 Å². The highest BCUT2D eigenvalue weighted by Crippen LogP contribution is 2.14. The minimum atomic E-state index is -1.03. The molecule has 1 heterocycles. The van der Waals surface area contributed by atoms with Gasteiger partial charge in [-0.3, -0.25) is 0 Å². The van der Waals surface area contributed by atoms with Crippen LogP contribution in [0, 0.1) is 0 Å². The Morgan fingerprint density at radius 3 is 2.76 bits per heavy atom. The number of aromatic carboxylic acids is 1. The predicted octanol–water partition coefficient (Wildman–Crippen LogP) is 2.01. The summed E-state index contributed by atoms with van der Waals surface area (Å²) in [7, 11) is 0. The normalized spacial score (nSPS) is 10.2. The van der Waals surface area contributed by atoms with Crippen molar-refractivity contribution in [3.8, 4) is 0 Å². The van der Waals surface area contributed by atoms with Crippen LogP contribution in [0.2, 0.25) is 5.15 Å². The highest BCUT2D eigenvalue weighted by Gasteiger charge is 2.06. The Morgan fingerprint density at radius 1 is 1.35 bits per heavy atom. The molecule has 1 aromatic heterocycles. The van der Waals surface area contributed by atoms with Crippen molar-refractivity contribution in [3.05, 3.63) is 22.8 Å². The van der Waals surface area contributed by atoms with Gasteiger partial charge in [-0.2, -0.15) is 0 Å². The van der Waals surface area contributed by atoms with Gasteiger partial charge >= 0.3 is 5.97 Å². The lowest BCUT2D eigenvalue weighted by atomic mass is 10.2. The molecule has 94 valence electrons. The predicted molar refractivity (Wildman–Crippen MR) is 65.6 cm³/mol. The molecular formula is C11H15ClN2O3. The van der Waals surface area contributed by atoms with E-state index in [-0.39, 0.29) is 17.3 Å². The fourth-order valence-corrected chi connectivity index (χ4v) is 1.55. The highest BCUT2D eigenvalue weighted by atomic mass is 35.5. The summed E-state index contributed by atoms with van der Waals surface area (Å²) in [4.78, 5) is 14.8.